The number of hydrogen-bond donors (Lipinski definition) is 4. The largest absolute Gasteiger partial charge is 0.453 e. The first-order valence-electron chi connectivity index (χ1n) is 10.1. The number of aromatic nitrogens is 2. The summed E-state index contributed by atoms with van der Waals surface area (Å²) in [4.78, 5) is 32.8. The minimum Gasteiger partial charge on any atom is -0.453 e. The van der Waals surface area contributed by atoms with E-state index in [1.807, 2.05) is 38.1 Å². The first-order chi connectivity index (χ1) is 14.4. The van der Waals surface area contributed by atoms with Gasteiger partial charge in [0, 0.05) is 23.2 Å². The number of amides is 2. The number of alkyl carbamates (subject to hydrolysis) is 1. The highest BCUT2D eigenvalue weighted by Crippen LogP contribution is 2.26. The lowest BCUT2D eigenvalue weighted by atomic mass is 10.0. The third kappa shape index (κ3) is 5.24. The number of nitrogens with one attached hydrogen (secondary N) is 3. The standard InChI is InChI=1S/C22H28N4O3S/c1-13(2)19(26-22(28)29-3)21(27)23-11-5-4-6-18-24-17-10-7-14-12-15(30)8-9-16(14)20(17)25-18/h7-10,12-13,19,30H,4-6,11H2,1-3H3,(H,23,27)(H,24,25)(H,26,28). The Morgan fingerprint density at radius 3 is 2.73 bits per heavy atom. The van der Waals surface area contributed by atoms with Crippen LogP contribution >= 0.6 is 12.6 Å². The minimum absolute atomic E-state index is 0.0342. The molecule has 0 fully saturated rings. The quantitative estimate of drug-likeness (QED) is 0.324. The Labute approximate surface area is 181 Å². The lowest BCUT2D eigenvalue weighted by molar-refractivity contribution is -0.124. The third-order valence-electron chi connectivity index (χ3n) is 5.05. The van der Waals surface area contributed by atoms with E-state index in [0.29, 0.717) is 6.54 Å². The van der Waals surface area contributed by atoms with Gasteiger partial charge in [0.05, 0.1) is 18.1 Å². The van der Waals surface area contributed by atoms with Gasteiger partial charge in [0.25, 0.3) is 0 Å². The zero-order valence-corrected chi connectivity index (χ0v) is 18.4. The maximum atomic E-state index is 12.3. The fraction of sp³-hybridized carbons (Fsp3) is 0.409. The van der Waals surface area contributed by atoms with E-state index in [9.17, 15) is 9.59 Å². The summed E-state index contributed by atoms with van der Waals surface area (Å²) in [6.45, 7) is 4.30. The average Bonchev–Trinajstić information content (AvgIpc) is 3.14. The second-order valence-electron chi connectivity index (χ2n) is 7.66. The highest BCUT2D eigenvalue weighted by Gasteiger charge is 2.24. The van der Waals surface area contributed by atoms with Crippen LogP contribution < -0.4 is 10.6 Å². The predicted molar refractivity (Wildman–Crippen MR) is 121 cm³/mol. The Bertz CT molecular complexity index is 1050. The number of benzene rings is 2. The Morgan fingerprint density at radius 2 is 2.00 bits per heavy atom. The molecule has 0 bridgehead atoms. The van der Waals surface area contributed by atoms with Crippen LogP contribution in [0.5, 0.6) is 0 Å². The van der Waals surface area contributed by atoms with Crippen LogP contribution in [0.2, 0.25) is 0 Å². The molecule has 3 rings (SSSR count). The molecule has 1 aromatic heterocycles. The number of fused-ring (bicyclic) bond motifs is 3. The molecule has 0 aliphatic carbocycles. The number of H-pyrrole nitrogens is 1. The Balaban J connectivity index is 1.51. The van der Waals surface area contributed by atoms with Gasteiger partial charge in [-0.2, -0.15) is 0 Å². The van der Waals surface area contributed by atoms with Crippen LogP contribution in [0.4, 0.5) is 4.79 Å². The van der Waals surface area contributed by atoms with Gasteiger partial charge in [0.2, 0.25) is 5.91 Å². The minimum atomic E-state index is -0.612. The molecule has 1 atom stereocenters. The second kappa shape index (κ2) is 9.84. The summed E-state index contributed by atoms with van der Waals surface area (Å²) < 4.78 is 4.59. The molecule has 1 unspecified atom stereocenters. The van der Waals surface area contributed by atoms with Gasteiger partial charge in [0.1, 0.15) is 11.9 Å². The number of methoxy groups -OCH3 is 1. The average molecular weight is 429 g/mol. The van der Waals surface area contributed by atoms with Crippen molar-refractivity contribution in [2.24, 2.45) is 5.92 Å². The van der Waals surface area contributed by atoms with E-state index in [1.165, 1.54) is 7.11 Å². The molecule has 0 radical (unpaired) electrons. The number of carbonyl (C=O) groups excluding carboxylic acids is 2. The van der Waals surface area contributed by atoms with Gasteiger partial charge in [-0.15, -0.1) is 12.6 Å². The zero-order valence-electron chi connectivity index (χ0n) is 17.5. The van der Waals surface area contributed by atoms with Gasteiger partial charge in [0.15, 0.2) is 0 Å². The molecule has 3 aromatic rings. The van der Waals surface area contributed by atoms with Crippen LogP contribution in [-0.2, 0) is 16.0 Å². The van der Waals surface area contributed by atoms with Crippen LogP contribution in [0.15, 0.2) is 35.2 Å². The molecular weight excluding hydrogens is 400 g/mol. The maximum absolute atomic E-state index is 12.3. The van der Waals surface area contributed by atoms with E-state index in [-0.39, 0.29) is 11.8 Å². The Morgan fingerprint density at radius 1 is 1.20 bits per heavy atom. The van der Waals surface area contributed by atoms with E-state index < -0.39 is 12.1 Å². The highest BCUT2D eigenvalue weighted by atomic mass is 32.1. The molecular formula is C22H28N4O3S. The van der Waals surface area contributed by atoms with Crippen molar-refractivity contribution in [3.8, 4) is 0 Å². The molecule has 3 N–H and O–H groups in total. The number of carbonyl (C=O) groups is 2. The molecule has 8 heteroatoms. The van der Waals surface area contributed by atoms with Crippen molar-refractivity contribution in [1.29, 1.82) is 0 Å². The Kier molecular flexibility index (Phi) is 7.20. The summed E-state index contributed by atoms with van der Waals surface area (Å²) in [7, 11) is 1.28. The third-order valence-corrected chi connectivity index (χ3v) is 5.33. The molecule has 2 amide bonds. The first-order valence-corrected chi connectivity index (χ1v) is 10.6. The summed E-state index contributed by atoms with van der Waals surface area (Å²) in [5.74, 6) is 0.702. The second-order valence-corrected chi connectivity index (χ2v) is 8.17. The number of ether oxygens (including phenoxy) is 1. The molecule has 0 spiro atoms. The number of thiol groups is 1. The molecule has 2 aromatic carbocycles. The lowest BCUT2D eigenvalue weighted by Gasteiger charge is -2.20. The summed E-state index contributed by atoms with van der Waals surface area (Å²) in [6, 6.07) is 9.56. The summed E-state index contributed by atoms with van der Waals surface area (Å²) in [5, 5.41) is 7.69. The number of nitrogens with zero attached hydrogens (tertiary/aromatic N) is 1. The van der Waals surface area contributed by atoms with Gasteiger partial charge < -0.3 is 20.4 Å². The van der Waals surface area contributed by atoms with Crippen molar-refractivity contribution in [3.63, 3.8) is 0 Å². The predicted octanol–water partition coefficient (Wildman–Crippen LogP) is 3.82. The summed E-state index contributed by atoms with van der Waals surface area (Å²) in [5.41, 5.74) is 1.99. The molecule has 1 heterocycles. The first kappa shape index (κ1) is 22.0. The lowest BCUT2D eigenvalue weighted by Crippen LogP contribution is -2.49. The van der Waals surface area contributed by atoms with E-state index in [4.69, 9.17) is 4.98 Å². The van der Waals surface area contributed by atoms with E-state index >= 15 is 0 Å². The number of unbranched alkanes of at least 4 members (excludes halogenated alkanes) is 1. The van der Waals surface area contributed by atoms with Crippen molar-refractivity contribution < 1.29 is 14.3 Å². The van der Waals surface area contributed by atoms with Gasteiger partial charge in [-0.25, -0.2) is 9.78 Å². The van der Waals surface area contributed by atoms with Crippen LogP contribution in [0.3, 0.4) is 0 Å². The molecule has 160 valence electrons. The fourth-order valence-electron chi connectivity index (χ4n) is 3.42. The Hall–Kier alpha value is -2.74. The smallest absolute Gasteiger partial charge is 0.407 e. The molecule has 0 aliphatic rings. The fourth-order valence-corrected chi connectivity index (χ4v) is 3.63. The number of rotatable bonds is 8. The molecule has 7 nitrogen and oxygen atoms in total. The SMILES string of the molecule is COC(=O)NC(C(=O)NCCCCc1nc2c(ccc3cc(S)ccc32)[nH]1)C(C)C. The number of imidazole rings is 1. The van der Waals surface area contributed by atoms with Gasteiger partial charge in [-0.3, -0.25) is 4.79 Å². The summed E-state index contributed by atoms with van der Waals surface area (Å²) in [6.07, 6.45) is 1.89. The van der Waals surface area contributed by atoms with E-state index in [1.54, 1.807) is 0 Å². The van der Waals surface area contributed by atoms with Gasteiger partial charge in [-0.05, 0) is 42.3 Å². The van der Waals surface area contributed by atoms with Gasteiger partial charge in [-0.1, -0.05) is 26.0 Å². The van der Waals surface area contributed by atoms with E-state index in [0.717, 1.165) is 51.8 Å². The topological polar surface area (TPSA) is 96.1 Å². The number of hydrogen-bond acceptors (Lipinski definition) is 5. The maximum Gasteiger partial charge on any atom is 0.407 e. The van der Waals surface area contributed by atoms with Crippen molar-refractivity contribution in [1.82, 2.24) is 20.6 Å². The monoisotopic (exact) mass is 428 g/mol. The van der Waals surface area contributed by atoms with Crippen LogP contribution in [0.25, 0.3) is 21.8 Å². The number of aromatic amines is 1. The van der Waals surface area contributed by atoms with Crippen molar-refractivity contribution in [2.45, 2.75) is 44.0 Å². The summed E-state index contributed by atoms with van der Waals surface area (Å²) >= 11 is 4.40. The van der Waals surface area contributed by atoms with Crippen LogP contribution in [0, 0.1) is 5.92 Å². The molecule has 0 saturated heterocycles. The number of aryl methyl sites for hydroxylation is 1. The molecule has 0 saturated carbocycles. The van der Waals surface area contributed by atoms with E-state index in [2.05, 4.69) is 39.0 Å². The van der Waals surface area contributed by atoms with Crippen molar-refractivity contribution in [2.75, 3.05) is 13.7 Å². The zero-order chi connectivity index (χ0) is 21.7. The van der Waals surface area contributed by atoms with Gasteiger partial charge >= 0.3 is 6.09 Å². The molecule has 30 heavy (non-hydrogen) atoms. The molecule has 0 aliphatic heterocycles. The highest BCUT2D eigenvalue weighted by molar-refractivity contribution is 7.80. The van der Waals surface area contributed by atoms with Crippen LogP contribution in [0.1, 0.15) is 32.5 Å². The van der Waals surface area contributed by atoms with Crippen molar-refractivity contribution >= 4 is 46.4 Å². The van der Waals surface area contributed by atoms with Crippen LogP contribution in [-0.4, -0.2) is 41.7 Å². The van der Waals surface area contributed by atoms with Crippen molar-refractivity contribution in [3.05, 3.63) is 36.2 Å². The normalized spacial score (nSPS) is 12.3.